The van der Waals surface area contributed by atoms with Gasteiger partial charge >= 0.3 is 11.8 Å². The molecule has 0 saturated carbocycles. The summed E-state index contributed by atoms with van der Waals surface area (Å²) in [6, 6.07) is 3.24. The number of carbonyl (C=O) groups is 1. The lowest BCUT2D eigenvalue weighted by molar-refractivity contribution is -0.389. The first-order valence-electron chi connectivity index (χ1n) is 6.67. The molecule has 108 valence electrons. The van der Waals surface area contributed by atoms with Gasteiger partial charge in [-0.15, -0.1) is 0 Å². The molecule has 1 N–H and O–H groups in total. The molecule has 0 radical (unpaired) electrons. The molecule has 1 fully saturated rings. The number of nitro groups is 1. The minimum atomic E-state index is -0.794. The van der Waals surface area contributed by atoms with Crippen molar-refractivity contribution in [2.75, 3.05) is 11.4 Å². The van der Waals surface area contributed by atoms with Gasteiger partial charge in [0, 0.05) is 25.1 Å². The number of aliphatic carboxylic acids is 1. The highest BCUT2D eigenvalue weighted by Gasteiger charge is 2.24. The minimum Gasteiger partial charge on any atom is -0.481 e. The summed E-state index contributed by atoms with van der Waals surface area (Å²) in [5, 5.41) is 19.4. The maximum absolute atomic E-state index is 10.7. The van der Waals surface area contributed by atoms with Crippen molar-refractivity contribution in [3.05, 3.63) is 28.4 Å². The first-order valence-corrected chi connectivity index (χ1v) is 6.67. The molecule has 1 unspecified atom stereocenters. The normalized spacial score (nSPS) is 18.8. The van der Waals surface area contributed by atoms with Crippen molar-refractivity contribution >= 4 is 17.5 Å². The summed E-state index contributed by atoms with van der Waals surface area (Å²) in [7, 11) is 0. The van der Waals surface area contributed by atoms with Crippen LogP contribution in [0.4, 0.5) is 11.5 Å². The second kappa shape index (κ2) is 6.31. The Labute approximate surface area is 116 Å². The van der Waals surface area contributed by atoms with Gasteiger partial charge in [-0.25, -0.2) is 0 Å². The van der Waals surface area contributed by atoms with E-state index in [9.17, 15) is 14.9 Å². The van der Waals surface area contributed by atoms with Crippen molar-refractivity contribution in [1.82, 2.24) is 4.98 Å². The fourth-order valence-corrected chi connectivity index (χ4v) is 2.59. The predicted molar refractivity (Wildman–Crippen MR) is 72.7 cm³/mol. The number of hydrogen-bond acceptors (Lipinski definition) is 5. The molecule has 1 atom stereocenters. The van der Waals surface area contributed by atoms with Gasteiger partial charge in [-0.3, -0.25) is 4.79 Å². The number of rotatable bonds is 5. The Hall–Kier alpha value is -2.18. The Balaban J connectivity index is 2.10. The average molecular weight is 279 g/mol. The van der Waals surface area contributed by atoms with E-state index in [2.05, 4.69) is 9.88 Å². The molecule has 1 saturated heterocycles. The van der Waals surface area contributed by atoms with E-state index >= 15 is 0 Å². The van der Waals surface area contributed by atoms with E-state index in [1.54, 1.807) is 6.07 Å². The van der Waals surface area contributed by atoms with Gasteiger partial charge in [-0.2, -0.15) is 0 Å². The Kier molecular flexibility index (Phi) is 4.49. The van der Waals surface area contributed by atoms with Crippen LogP contribution in [0.5, 0.6) is 0 Å². The summed E-state index contributed by atoms with van der Waals surface area (Å²) in [6.45, 7) is 0.837. The van der Waals surface area contributed by atoms with Gasteiger partial charge in [0.1, 0.15) is 0 Å². The highest BCUT2D eigenvalue weighted by molar-refractivity contribution is 5.66. The number of anilines is 1. The number of piperidine rings is 1. The fraction of sp³-hybridized carbons (Fsp3) is 0.538. The van der Waals surface area contributed by atoms with Crippen LogP contribution in [0, 0.1) is 10.1 Å². The number of nitrogens with zero attached hydrogens (tertiary/aromatic N) is 3. The molecule has 0 amide bonds. The molecule has 1 aliphatic rings. The molecule has 0 spiro atoms. The predicted octanol–water partition coefficient (Wildman–Crippen LogP) is 2.21. The molecule has 1 aliphatic heterocycles. The smallest absolute Gasteiger partial charge is 0.363 e. The highest BCUT2D eigenvalue weighted by atomic mass is 16.6. The molecular weight excluding hydrogens is 262 g/mol. The van der Waals surface area contributed by atoms with Gasteiger partial charge in [0.2, 0.25) is 0 Å². The third kappa shape index (κ3) is 3.43. The number of pyridine rings is 1. The maximum Gasteiger partial charge on any atom is 0.363 e. The van der Waals surface area contributed by atoms with Crippen molar-refractivity contribution in [1.29, 1.82) is 0 Å². The fourth-order valence-electron chi connectivity index (χ4n) is 2.59. The Morgan fingerprint density at radius 1 is 1.50 bits per heavy atom. The van der Waals surface area contributed by atoms with Crippen LogP contribution >= 0.6 is 0 Å². The lowest BCUT2D eigenvalue weighted by Gasteiger charge is -2.36. The topological polar surface area (TPSA) is 96.6 Å². The SMILES string of the molecule is O=C(O)CCC1CCCCN1c1ccc([N+](=O)[O-])nc1. The molecule has 0 bridgehead atoms. The third-order valence-electron chi connectivity index (χ3n) is 3.57. The summed E-state index contributed by atoms with van der Waals surface area (Å²) in [4.78, 5) is 26.7. The van der Waals surface area contributed by atoms with E-state index in [0.717, 1.165) is 31.5 Å². The molecular formula is C13H17N3O4. The summed E-state index contributed by atoms with van der Waals surface area (Å²) >= 11 is 0. The van der Waals surface area contributed by atoms with E-state index in [1.807, 2.05) is 0 Å². The number of hydrogen-bond donors (Lipinski definition) is 1. The first kappa shape index (κ1) is 14.2. The second-order valence-electron chi connectivity index (χ2n) is 4.91. The minimum absolute atomic E-state index is 0.140. The van der Waals surface area contributed by atoms with Crippen molar-refractivity contribution in [2.45, 2.75) is 38.1 Å². The number of aromatic nitrogens is 1. The number of carboxylic acids is 1. The molecule has 1 aromatic rings. The molecule has 0 aliphatic carbocycles. The zero-order valence-electron chi connectivity index (χ0n) is 11.1. The van der Waals surface area contributed by atoms with E-state index < -0.39 is 10.9 Å². The van der Waals surface area contributed by atoms with Gasteiger partial charge in [0.15, 0.2) is 6.20 Å². The molecule has 2 heterocycles. The van der Waals surface area contributed by atoms with Gasteiger partial charge < -0.3 is 20.1 Å². The van der Waals surface area contributed by atoms with Crippen LogP contribution in [0.1, 0.15) is 32.1 Å². The molecule has 20 heavy (non-hydrogen) atoms. The van der Waals surface area contributed by atoms with Crippen LogP contribution < -0.4 is 4.90 Å². The third-order valence-corrected chi connectivity index (χ3v) is 3.57. The molecule has 0 aromatic carbocycles. The quantitative estimate of drug-likeness (QED) is 0.655. The van der Waals surface area contributed by atoms with Crippen molar-refractivity contribution in [2.24, 2.45) is 0 Å². The summed E-state index contributed by atoms with van der Waals surface area (Å²) < 4.78 is 0. The van der Waals surface area contributed by atoms with Gasteiger partial charge in [0.05, 0.1) is 5.69 Å². The maximum atomic E-state index is 10.7. The van der Waals surface area contributed by atoms with Crippen LogP contribution in [0.25, 0.3) is 0 Å². The van der Waals surface area contributed by atoms with Crippen LogP contribution in [-0.4, -0.2) is 33.6 Å². The largest absolute Gasteiger partial charge is 0.481 e. The van der Waals surface area contributed by atoms with Gasteiger partial charge in [-0.05, 0) is 41.7 Å². The van der Waals surface area contributed by atoms with Crippen molar-refractivity contribution in [3.8, 4) is 0 Å². The van der Waals surface area contributed by atoms with E-state index in [-0.39, 0.29) is 18.3 Å². The molecule has 2 rings (SSSR count). The Morgan fingerprint density at radius 2 is 2.30 bits per heavy atom. The van der Waals surface area contributed by atoms with Gasteiger partial charge in [-0.1, -0.05) is 0 Å². The highest BCUT2D eigenvalue weighted by Crippen LogP contribution is 2.27. The van der Waals surface area contributed by atoms with Crippen LogP contribution in [0.2, 0.25) is 0 Å². The summed E-state index contributed by atoms with van der Waals surface area (Å²) in [5.41, 5.74) is 0.825. The zero-order chi connectivity index (χ0) is 14.5. The standard InChI is InChI=1S/C13H17N3O4/c17-13(18)7-5-10-3-1-2-8-15(10)11-4-6-12(14-9-11)16(19)20/h4,6,9-10H,1-3,5,7-8H2,(H,17,18). The van der Waals surface area contributed by atoms with E-state index in [1.165, 1.54) is 12.3 Å². The summed E-state index contributed by atoms with van der Waals surface area (Å²) in [6.07, 6.45) is 5.30. The van der Waals surface area contributed by atoms with E-state index in [0.29, 0.717) is 6.42 Å². The van der Waals surface area contributed by atoms with E-state index in [4.69, 9.17) is 5.11 Å². The molecule has 7 nitrogen and oxygen atoms in total. The van der Waals surface area contributed by atoms with Crippen LogP contribution in [0.15, 0.2) is 18.3 Å². The first-order chi connectivity index (χ1) is 9.58. The van der Waals surface area contributed by atoms with Crippen molar-refractivity contribution in [3.63, 3.8) is 0 Å². The monoisotopic (exact) mass is 279 g/mol. The Morgan fingerprint density at radius 3 is 2.90 bits per heavy atom. The van der Waals surface area contributed by atoms with Crippen molar-refractivity contribution < 1.29 is 14.8 Å². The van der Waals surface area contributed by atoms with Crippen LogP contribution in [0.3, 0.4) is 0 Å². The second-order valence-corrected chi connectivity index (χ2v) is 4.91. The molecule has 7 heteroatoms. The lowest BCUT2D eigenvalue weighted by Crippen LogP contribution is -2.39. The zero-order valence-corrected chi connectivity index (χ0v) is 11.1. The van der Waals surface area contributed by atoms with Gasteiger partial charge in [0.25, 0.3) is 0 Å². The van der Waals surface area contributed by atoms with Crippen LogP contribution in [-0.2, 0) is 4.79 Å². The average Bonchev–Trinajstić information content (AvgIpc) is 2.45. The lowest BCUT2D eigenvalue weighted by atomic mass is 9.97. The summed E-state index contributed by atoms with van der Waals surface area (Å²) in [5.74, 6) is -0.967. The molecule has 1 aromatic heterocycles. The number of carboxylic acid groups (broad SMARTS) is 1. The Bertz CT molecular complexity index is 489.